The van der Waals surface area contributed by atoms with Crippen molar-refractivity contribution in [1.29, 1.82) is 0 Å². The Bertz CT molecular complexity index is 347. The third kappa shape index (κ3) is 2.09. The average Bonchev–Trinajstić information content (AvgIpc) is 2.16. The number of nitro benzene ring substituents is 1. The van der Waals surface area contributed by atoms with Crippen LogP contribution in [-0.2, 0) is 6.61 Å². The number of hydrogen-bond donors (Lipinski definition) is 1. The van der Waals surface area contributed by atoms with E-state index in [-0.39, 0.29) is 18.2 Å². The Morgan fingerprint density at radius 3 is 2.57 bits per heavy atom. The average molecular weight is 195 g/mol. The molecule has 0 saturated carbocycles. The zero-order valence-electron chi connectivity index (χ0n) is 8.23. The lowest BCUT2D eigenvalue weighted by atomic mass is 9.97. The summed E-state index contributed by atoms with van der Waals surface area (Å²) in [5.74, 6) is 0.262. The van der Waals surface area contributed by atoms with Crippen molar-refractivity contribution in [2.75, 3.05) is 0 Å². The zero-order chi connectivity index (χ0) is 10.7. The van der Waals surface area contributed by atoms with Crippen molar-refractivity contribution in [2.24, 2.45) is 0 Å². The summed E-state index contributed by atoms with van der Waals surface area (Å²) < 4.78 is 0. The van der Waals surface area contributed by atoms with Crippen molar-refractivity contribution in [2.45, 2.75) is 26.4 Å². The van der Waals surface area contributed by atoms with Crippen LogP contribution < -0.4 is 0 Å². The maximum Gasteiger partial charge on any atom is 0.269 e. The monoisotopic (exact) mass is 195 g/mol. The van der Waals surface area contributed by atoms with Gasteiger partial charge in [-0.3, -0.25) is 10.1 Å². The van der Waals surface area contributed by atoms with Crippen molar-refractivity contribution < 1.29 is 10.0 Å². The first-order valence-corrected chi connectivity index (χ1v) is 4.44. The third-order valence-corrected chi connectivity index (χ3v) is 2.13. The Morgan fingerprint density at radius 2 is 2.14 bits per heavy atom. The Kier molecular flexibility index (Phi) is 3.19. The Morgan fingerprint density at radius 1 is 1.50 bits per heavy atom. The largest absolute Gasteiger partial charge is 0.392 e. The normalized spacial score (nSPS) is 10.6. The lowest BCUT2D eigenvalue weighted by Gasteiger charge is -2.09. The number of aliphatic hydroxyl groups is 1. The molecule has 1 aromatic rings. The molecule has 0 aliphatic heterocycles. The number of rotatable bonds is 3. The summed E-state index contributed by atoms with van der Waals surface area (Å²) in [5.41, 5.74) is 1.62. The molecule has 0 aliphatic rings. The minimum absolute atomic E-state index is 0.0263. The molecule has 14 heavy (non-hydrogen) atoms. The maximum atomic E-state index is 10.5. The fourth-order valence-corrected chi connectivity index (χ4v) is 1.41. The first-order valence-electron chi connectivity index (χ1n) is 4.44. The predicted octanol–water partition coefficient (Wildman–Crippen LogP) is 2.21. The van der Waals surface area contributed by atoms with E-state index in [0.29, 0.717) is 5.56 Å². The molecule has 76 valence electrons. The molecule has 0 bridgehead atoms. The summed E-state index contributed by atoms with van der Waals surface area (Å²) in [6, 6.07) is 4.60. The molecule has 1 N–H and O–H groups in total. The van der Waals surface area contributed by atoms with Gasteiger partial charge in [0.25, 0.3) is 5.69 Å². The summed E-state index contributed by atoms with van der Waals surface area (Å²) in [6.45, 7) is 3.82. The number of nitro groups is 1. The van der Waals surface area contributed by atoms with Crippen molar-refractivity contribution in [3.05, 3.63) is 39.4 Å². The summed E-state index contributed by atoms with van der Waals surface area (Å²) >= 11 is 0. The highest BCUT2D eigenvalue weighted by Crippen LogP contribution is 2.23. The zero-order valence-corrected chi connectivity index (χ0v) is 8.23. The molecule has 0 fully saturated rings. The van der Waals surface area contributed by atoms with Gasteiger partial charge >= 0.3 is 0 Å². The van der Waals surface area contributed by atoms with Crippen molar-refractivity contribution in [3.63, 3.8) is 0 Å². The second kappa shape index (κ2) is 4.19. The summed E-state index contributed by atoms with van der Waals surface area (Å²) in [4.78, 5) is 10.0. The fraction of sp³-hybridized carbons (Fsp3) is 0.400. The molecule has 0 unspecified atom stereocenters. The molecule has 0 amide bonds. The molecule has 0 atom stereocenters. The molecule has 0 saturated heterocycles. The highest BCUT2D eigenvalue weighted by Gasteiger charge is 2.11. The molecule has 1 aromatic carbocycles. The topological polar surface area (TPSA) is 63.4 Å². The van der Waals surface area contributed by atoms with Crippen LogP contribution in [-0.4, -0.2) is 10.0 Å². The van der Waals surface area contributed by atoms with Gasteiger partial charge in [0, 0.05) is 12.1 Å². The second-order valence-electron chi connectivity index (χ2n) is 3.45. The predicted molar refractivity (Wildman–Crippen MR) is 53.1 cm³/mol. The van der Waals surface area contributed by atoms with Crippen molar-refractivity contribution in [1.82, 2.24) is 0 Å². The first-order chi connectivity index (χ1) is 6.56. The van der Waals surface area contributed by atoms with E-state index in [1.807, 2.05) is 13.8 Å². The van der Waals surface area contributed by atoms with E-state index in [2.05, 4.69) is 0 Å². The quantitative estimate of drug-likeness (QED) is 0.594. The van der Waals surface area contributed by atoms with Gasteiger partial charge in [-0.15, -0.1) is 0 Å². The van der Waals surface area contributed by atoms with Crippen molar-refractivity contribution in [3.8, 4) is 0 Å². The highest BCUT2D eigenvalue weighted by atomic mass is 16.6. The van der Waals surface area contributed by atoms with E-state index >= 15 is 0 Å². The van der Waals surface area contributed by atoms with Crippen LogP contribution in [0.4, 0.5) is 5.69 Å². The van der Waals surface area contributed by atoms with Gasteiger partial charge in [0.1, 0.15) is 0 Å². The molecule has 0 radical (unpaired) electrons. The van der Waals surface area contributed by atoms with Crippen LogP contribution in [0.5, 0.6) is 0 Å². The van der Waals surface area contributed by atoms with Gasteiger partial charge in [-0.2, -0.15) is 0 Å². The van der Waals surface area contributed by atoms with Gasteiger partial charge in [-0.25, -0.2) is 0 Å². The first kappa shape index (κ1) is 10.7. The Labute approximate surface area is 82.3 Å². The van der Waals surface area contributed by atoms with Crippen LogP contribution in [0, 0.1) is 10.1 Å². The fourth-order valence-electron chi connectivity index (χ4n) is 1.41. The molecule has 0 heterocycles. The van der Waals surface area contributed by atoms with E-state index in [4.69, 9.17) is 5.11 Å². The molecule has 1 rings (SSSR count). The summed E-state index contributed by atoms with van der Waals surface area (Å²) in [5, 5.41) is 19.5. The van der Waals surface area contributed by atoms with E-state index in [1.165, 1.54) is 12.1 Å². The summed E-state index contributed by atoms with van der Waals surface area (Å²) in [6.07, 6.45) is 0. The summed E-state index contributed by atoms with van der Waals surface area (Å²) in [7, 11) is 0. The highest BCUT2D eigenvalue weighted by molar-refractivity contribution is 5.40. The Hall–Kier alpha value is -1.42. The molecule has 4 nitrogen and oxygen atoms in total. The number of hydrogen-bond acceptors (Lipinski definition) is 3. The number of aliphatic hydroxyl groups excluding tert-OH is 1. The number of nitrogens with zero attached hydrogens (tertiary/aromatic N) is 1. The smallest absolute Gasteiger partial charge is 0.269 e. The SMILES string of the molecule is CC(C)c1ccc([N+](=O)[O-])cc1CO. The maximum absolute atomic E-state index is 10.5. The van der Waals surface area contributed by atoms with Crippen LogP contribution in [0.25, 0.3) is 0 Å². The third-order valence-electron chi connectivity index (χ3n) is 2.13. The van der Waals surface area contributed by atoms with Crippen molar-refractivity contribution >= 4 is 5.69 Å². The molecule has 0 spiro atoms. The van der Waals surface area contributed by atoms with Crippen LogP contribution in [0.1, 0.15) is 30.9 Å². The lowest BCUT2D eigenvalue weighted by Crippen LogP contribution is -1.98. The van der Waals surface area contributed by atoms with Gasteiger partial charge < -0.3 is 5.11 Å². The minimum Gasteiger partial charge on any atom is -0.392 e. The second-order valence-corrected chi connectivity index (χ2v) is 3.45. The standard InChI is InChI=1S/C10H13NO3/c1-7(2)10-4-3-9(11(13)14)5-8(10)6-12/h3-5,7,12H,6H2,1-2H3. The number of non-ortho nitro benzene ring substituents is 1. The van der Waals surface area contributed by atoms with Crippen LogP contribution in [0.15, 0.2) is 18.2 Å². The lowest BCUT2D eigenvalue weighted by molar-refractivity contribution is -0.385. The van der Waals surface area contributed by atoms with Crippen LogP contribution in [0.3, 0.4) is 0 Å². The van der Waals surface area contributed by atoms with E-state index in [1.54, 1.807) is 6.07 Å². The van der Waals surface area contributed by atoms with E-state index in [0.717, 1.165) is 5.56 Å². The minimum atomic E-state index is -0.455. The molecule has 0 aliphatic carbocycles. The van der Waals surface area contributed by atoms with Gasteiger partial charge in [-0.05, 0) is 17.0 Å². The van der Waals surface area contributed by atoms with Gasteiger partial charge in [0.2, 0.25) is 0 Å². The van der Waals surface area contributed by atoms with Gasteiger partial charge in [0.15, 0.2) is 0 Å². The molecule has 0 aromatic heterocycles. The molecular weight excluding hydrogens is 182 g/mol. The van der Waals surface area contributed by atoms with Gasteiger partial charge in [0.05, 0.1) is 11.5 Å². The Balaban J connectivity index is 3.18. The van der Waals surface area contributed by atoms with Gasteiger partial charge in [-0.1, -0.05) is 19.9 Å². The molecular formula is C10H13NO3. The van der Waals surface area contributed by atoms with Crippen LogP contribution >= 0.6 is 0 Å². The number of benzene rings is 1. The van der Waals surface area contributed by atoms with E-state index in [9.17, 15) is 10.1 Å². The molecule has 4 heteroatoms. The van der Waals surface area contributed by atoms with E-state index < -0.39 is 4.92 Å². The van der Waals surface area contributed by atoms with Crippen LogP contribution in [0.2, 0.25) is 0 Å².